The van der Waals surface area contributed by atoms with Gasteiger partial charge >= 0.3 is 5.97 Å². The Balaban J connectivity index is 1.92. The van der Waals surface area contributed by atoms with Gasteiger partial charge in [0.1, 0.15) is 12.2 Å². The van der Waals surface area contributed by atoms with Crippen molar-refractivity contribution in [3.63, 3.8) is 0 Å². The quantitative estimate of drug-likeness (QED) is 0.265. The van der Waals surface area contributed by atoms with Crippen LogP contribution in [0.25, 0.3) is 25.1 Å². The smallest absolute Gasteiger partial charge is 0.343 e. The number of carbonyl (C=O) groups is 1. The topological polar surface area (TPSA) is 35.5 Å². The van der Waals surface area contributed by atoms with E-state index in [2.05, 4.69) is 48.5 Å². The number of hydrogen-bond acceptors (Lipinski definition) is 3. The van der Waals surface area contributed by atoms with Crippen LogP contribution >= 0.6 is 10.5 Å². The van der Waals surface area contributed by atoms with Crippen molar-refractivity contribution in [2.45, 2.75) is 0 Å². The molecule has 0 radical (unpaired) electrons. The first-order chi connectivity index (χ1) is 12.8. The fraction of sp³-hybridized carbons (Fsp3) is 0.136. The maximum atomic E-state index is 12.6. The second kappa shape index (κ2) is 7.28. The number of esters is 1. The summed E-state index contributed by atoms with van der Waals surface area (Å²) in [7, 11) is 1.28. The van der Waals surface area contributed by atoms with Crippen molar-refractivity contribution in [2.24, 2.45) is 0 Å². The summed E-state index contributed by atoms with van der Waals surface area (Å²) in [4.78, 5) is 13.7. The molecular weight excluding hydrogens is 344 g/mol. The SMILES string of the molecule is COCCOC(=O)c1ccccc1-[s+]1c2ccccc2c2ccccc21. The molecule has 4 rings (SSSR count). The van der Waals surface area contributed by atoms with Gasteiger partial charge < -0.3 is 9.47 Å². The Bertz CT molecular complexity index is 1030. The molecule has 0 N–H and O–H groups in total. The van der Waals surface area contributed by atoms with Crippen molar-refractivity contribution in [3.05, 3.63) is 78.4 Å². The van der Waals surface area contributed by atoms with Gasteiger partial charge in [0.25, 0.3) is 0 Å². The third kappa shape index (κ3) is 2.87. The summed E-state index contributed by atoms with van der Waals surface area (Å²) in [5.41, 5.74) is 0.624. The first kappa shape index (κ1) is 16.8. The molecule has 130 valence electrons. The van der Waals surface area contributed by atoms with E-state index in [1.807, 2.05) is 24.3 Å². The molecule has 0 aliphatic heterocycles. The van der Waals surface area contributed by atoms with Crippen LogP contribution in [0.15, 0.2) is 72.8 Å². The lowest BCUT2D eigenvalue weighted by molar-refractivity contribution is 0.0389. The summed E-state index contributed by atoms with van der Waals surface area (Å²) in [5, 5.41) is 2.49. The molecule has 0 aliphatic rings. The van der Waals surface area contributed by atoms with Crippen LogP contribution in [-0.2, 0) is 9.47 Å². The molecular formula is C22H19O3S+. The average molecular weight is 363 g/mol. The van der Waals surface area contributed by atoms with Gasteiger partial charge in [0, 0.05) is 28.4 Å². The number of hydrogen-bond donors (Lipinski definition) is 0. The minimum Gasteiger partial charge on any atom is -0.459 e. The van der Waals surface area contributed by atoms with Crippen LogP contribution in [0.1, 0.15) is 10.4 Å². The Morgan fingerprint density at radius 3 is 2.04 bits per heavy atom. The van der Waals surface area contributed by atoms with Crippen LogP contribution < -0.4 is 0 Å². The second-order valence-corrected chi connectivity index (χ2v) is 7.86. The minimum atomic E-state index is -0.312. The molecule has 0 bridgehead atoms. The molecule has 4 heteroatoms. The highest BCUT2D eigenvalue weighted by molar-refractivity contribution is 7.50. The van der Waals surface area contributed by atoms with Gasteiger partial charge in [-0.1, -0.05) is 36.4 Å². The number of rotatable bonds is 5. The van der Waals surface area contributed by atoms with Crippen molar-refractivity contribution in [1.29, 1.82) is 0 Å². The zero-order valence-corrected chi connectivity index (χ0v) is 15.3. The largest absolute Gasteiger partial charge is 0.459 e. The van der Waals surface area contributed by atoms with E-state index in [9.17, 15) is 4.79 Å². The highest BCUT2D eigenvalue weighted by Gasteiger charge is 2.28. The summed E-state index contributed by atoms with van der Waals surface area (Å²) in [6, 6.07) is 24.6. The molecule has 0 amide bonds. The van der Waals surface area contributed by atoms with Crippen molar-refractivity contribution < 1.29 is 14.3 Å². The fourth-order valence-corrected chi connectivity index (χ4v) is 5.72. The fourth-order valence-electron chi connectivity index (χ4n) is 3.20. The van der Waals surface area contributed by atoms with Crippen LogP contribution in [-0.4, -0.2) is 26.3 Å². The molecule has 0 atom stereocenters. The molecule has 0 spiro atoms. The Labute approximate surface area is 154 Å². The zero-order valence-electron chi connectivity index (χ0n) is 14.5. The average Bonchev–Trinajstić information content (AvgIpc) is 3.02. The van der Waals surface area contributed by atoms with Crippen LogP contribution in [0.2, 0.25) is 0 Å². The monoisotopic (exact) mass is 363 g/mol. The van der Waals surface area contributed by atoms with E-state index in [-0.39, 0.29) is 23.0 Å². The normalized spacial score (nSPS) is 11.1. The molecule has 1 heterocycles. The van der Waals surface area contributed by atoms with Gasteiger partial charge in [-0.3, -0.25) is 0 Å². The number of ether oxygens (including phenoxy) is 2. The summed E-state index contributed by atoms with van der Waals surface area (Å²) in [6.07, 6.45) is 0. The maximum absolute atomic E-state index is 12.6. The summed E-state index contributed by atoms with van der Waals surface area (Å²) >= 11 is 0. The van der Waals surface area contributed by atoms with E-state index in [0.717, 1.165) is 4.90 Å². The van der Waals surface area contributed by atoms with Crippen LogP contribution in [0.4, 0.5) is 0 Å². The van der Waals surface area contributed by atoms with Crippen molar-refractivity contribution in [3.8, 4) is 4.90 Å². The second-order valence-electron chi connectivity index (χ2n) is 5.92. The Morgan fingerprint density at radius 2 is 1.38 bits per heavy atom. The van der Waals surface area contributed by atoms with E-state index >= 15 is 0 Å². The first-order valence-electron chi connectivity index (χ1n) is 8.49. The van der Waals surface area contributed by atoms with E-state index in [1.165, 1.54) is 20.2 Å². The summed E-state index contributed by atoms with van der Waals surface area (Å²) in [5.74, 6) is -0.299. The standard InChI is InChI=1S/C22H19O3S/c1-24-14-15-25-22(23)18-10-4-7-13-21(18)26-19-11-5-2-8-16(19)17-9-3-6-12-20(17)26/h2-13H,14-15H2,1H3/q+1. The number of methoxy groups -OCH3 is 1. The minimum absolute atomic E-state index is 0.255. The van der Waals surface area contributed by atoms with Crippen LogP contribution in [0.3, 0.4) is 0 Å². The highest BCUT2D eigenvalue weighted by Crippen LogP contribution is 2.49. The van der Waals surface area contributed by atoms with Crippen molar-refractivity contribution >= 4 is 36.6 Å². The Hall–Kier alpha value is -2.69. The van der Waals surface area contributed by atoms with Gasteiger partial charge in [-0.25, -0.2) is 4.79 Å². The maximum Gasteiger partial charge on any atom is 0.343 e. The molecule has 26 heavy (non-hydrogen) atoms. The molecule has 0 saturated carbocycles. The lowest BCUT2D eigenvalue weighted by Gasteiger charge is -2.05. The van der Waals surface area contributed by atoms with Gasteiger partial charge in [0.15, 0.2) is 14.3 Å². The molecule has 0 aliphatic carbocycles. The molecule has 0 saturated heterocycles. The number of fused-ring (bicyclic) bond motifs is 3. The van der Waals surface area contributed by atoms with Crippen LogP contribution in [0.5, 0.6) is 0 Å². The Kier molecular flexibility index (Phi) is 4.69. The first-order valence-corrected chi connectivity index (χ1v) is 9.71. The third-order valence-electron chi connectivity index (χ3n) is 4.35. The van der Waals surface area contributed by atoms with Gasteiger partial charge in [0.05, 0.1) is 6.61 Å². The molecule has 3 aromatic carbocycles. The van der Waals surface area contributed by atoms with E-state index in [0.29, 0.717) is 12.2 Å². The summed E-state index contributed by atoms with van der Waals surface area (Å²) < 4.78 is 12.9. The summed E-state index contributed by atoms with van der Waals surface area (Å²) in [6.45, 7) is 0.649. The Morgan fingerprint density at radius 1 is 0.808 bits per heavy atom. The van der Waals surface area contributed by atoms with E-state index < -0.39 is 0 Å². The van der Waals surface area contributed by atoms with Gasteiger partial charge in [-0.2, -0.15) is 0 Å². The predicted molar refractivity (Wildman–Crippen MR) is 107 cm³/mol. The highest BCUT2D eigenvalue weighted by atomic mass is 32.2. The lowest BCUT2D eigenvalue weighted by atomic mass is 10.2. The number of benzene rings is 3. The van der Waals surface area contributed by atoms with E-state index in [4.69, 9.17) is 9.47 Å². The number of thiophene rings is 1. The van der Waals surface area contributed by atoms with Crippen molar-refractivity contribution in [1.82, 2.24) is 0 Å². The van der Waals surface area contributed by atoms with Crippen molar-refractivity contribution in [2.75, 3.05) is 20.3 Å². The third-order valence-corrected chi connectivity index (χ3v) is 6.74. The predicted octanol–water partition coefficient (Wildman–Crippen LogP) is 5.53. The molecule has 4 aromatic rings. The lowest BCUT2D eigenvalue weighted by Crippen LogP contribution is -2.10. The van der Waals surface area contributed by atoms with Gasteiger partial charge in [-0.05, 0) is 36.4 Å². The molecule has 1 aromatic heterocycles. The van der Waals surface area contributed by atoms with Gasteiger partial charge in [0.2, 0.25) is 0 Å². The molecule has 3 nitrogen and oxygen atoms in total. The number of carbonyl (C=O) groups excluding carboxylic acids is 1. The molecule has 0 unspecified atom stereocenters. The zero-order chi connectivity index (χ0) is 17.9. The molecule has 0 fully saturated rings. The van der Waals surface area contributed by atoms with Gasteiger partial charge in [-0.15, -0.1) is 0 Å². The van der Waals surface area contributed by atoms with E-state index in [1.54, 1.807) is 7.11 Å². The van der Waals surface area contributed by atoms with Crippen LogP contribution in [0, 0.1) is 0 Å².